The Balaban J connectivity index is 1.71. The molecule has 0 saturated carbocycles. The Morgan fingerprint density at radius 1 is 1.15 bits per heavy atom. The number of nitrogens with one attached hydrogen (secondary N) is 1. The molecule has 2 heterocycles. The summed E-state index contributed by atoms with van der Waals surface area (Å²) in [5.74, 6) is 0.0687. The Labute approximate surface area is 160 Å². The third-order valence-electron chi connectivity index (χ3n) is 5.01. The molecule has 0 atom stereocenters. The van der Waals surface area contributed by atoms with Crippen LogP contribution >= 0.6 is 0 Å². The summed E-state index contributed by atoms with van der Waals surface area (Å²) >= 11 is 0. The van der Waals surface area contributed by atoms with Crippen molar-refractivity contribution in [2.24, 2.45) is 5.92 Å². The number of aromatic nitrogens is 2. The van der Waals surface area contributed by atoms with Gasteiger partial charge in [-0.1, -0.05) is 38.5 Å². The van der Waals surface area contributed by atoms with E-state index in [1.807, 2.05) is 26.0 Å². The highest BCUT2D eigenvalue weighted by Crippen LogP contribution is 2.14. The monoisotopic (exact) mass is 370 g/mol. The predicted octanol–water partition coefficient (Wildman–Crippen LogP) is 2.66. The fraction of sp³-hybridized carbons (Fsp3) is 0.571. The molecule has 1 saturated heterocycles. The summed E-state index contributed by atoms with van der Waals surface area (Å²) in [5, 5.41) is 8.55. The van der Waals surface area contributed by atoms with Crippen LogP contribution in [0.3, 0.4) is 0 Å². The molecule has 27 heavy (non-hydrogen) atoms. The number of carbonyl (C=O) groups excluding carboxylic acids is 1. The quantitative estimate of drug-likeness (QED) is 0.761. The molecule has 1 aromatic carbocycles. The third kappa shape index (κ3) is 4.95. The number of amides is 1. The van der Waals surface area contributed by atoms with Crippen LogP contribution in [0.25, 0.3) is 10.8 Å². The molecule has 1 N–H and O–H groups in total. The number of nitrogens with zero attached hydrogens (tertiary/aromatic N) is 3. The van der Waals surface area contributed by atoms with Crippen LogP contribution in [0.1, 0.15) is 50.0 Å². The first-order chi connectivity index (χ1) is 13.1. The molecule has 0 unspecified atom stereocenters. The van der Waals surface area contributed by atoms with Gasteiger partial charge in [0.05, 0.1) is 5.39 Å². The smallest absolute Gasteiger partial charge is 0.274 e. The summed E-state index contributed by atoms with van der Waals surface area (Å²) < 4.78 is 1.43. The summed E-state index contributed by atoms with van der Waals surface area (Å²) in [7, 11) is 0. The fourth-order valence-electron chi connectivity index (χ4n) is 3.64. The van der Waals surface area contributed by atoms with Crippen molar-refractivity contribution in [2.45, 2.75) is 46.1 Å². The van der Waals surface area contributed by atoms with E-state index in [0.29, 0.717) is 29.6 Å². The molecule has 0 radical (unpaired) electrons. The second kappa shape index (κ2) is 9.13. The summed E-state index contributed by atoms with van der Waals surface area (Å²) in [6.07, 6.45) is 4.81. The van der Waals surface area contributed by atoms with Crippen molar-refractivity contribution in [1.29, 1.82) is 0 Å². The Kier molecular flexibility index (Phi) is 6.61. The normalized spacial score (nSPS) is 15.4. The molecule has 2 aromatic rings. The molecular weight excluding hydrogens is 340 g/mol. The predicted molar refractivity (Wildman–Crippen MR) is 108 cm³/mol. The SMILES string of the molecule is CC(C)Cn1nc(C(=O)NCCCN2CCCCC2)c2ccccc2c1=O. The molecule has 0 spiro atoms. The highest BCUT2D eigenvalue weighted by molar-refractivity contribution is 6.04. The minimum absolute atomic E-state index is 0.138. The first-order valence-corrected chi connectivity index (χ1v) is 10.1. The lowest BCUT2D eigenvalue weighted by atomic mass is 10.1. The largest absolute Gasteiger partial charge is 0.351 e. The maximum Gasteiger partial charge on any atom is 0.274 e. The third-order valence-corrected chi connectivity index (χ3v) is 5.01. The number of hydrogen-bond donors (Lipinski definition) is 1. The van der Waals surface area contributed by atoms with Crippen LogP contribution in [0.15, 0.2) is 29.1 Å². The van der Waals surface area contributed by atoms with Gasteiger partial charge in [-0.05, 0) is 50.9 Å². The van der Waals surface area contributed by atoms with Crippen LogP contribution < -0.4 is 10.9 Å². The van der Waals surface area contributed by atoms with Gasteiger partial charge in [0.25, 0.3) is 11.5 Å². The molecule has 1 aromatic heterocycles. The van der Waals surface area contributed by atoms with Crippen molar-refractivity contribution in [2.75, 3.05) is 26.2 Å². The Hall–Kier alpha value is -2.21. The van der Waals surface area contributed by atoms with Crippen LogP contribution in [-0.4, -0.2) is 46.8 Å². The molecule has 6 nitrogen and oxygen atoms in total. The lowest BCUT2D eigenvalue weighted by Gasteiger charge is -2.26. The van der Waals surface area contributed by atoms with E-state index in [1.165, 1.54) is 37.0 Å². The average Bonchev–Trinajstić information content (AvgIpc) is 2.68. The van der Waals surface area contributed by atoms with E-state index in [1.54, 1.807) is 12.1 Å². The molecular formula is C21H30N4O2. The first-order valence-electron chi connectivity index (χ1n) is 10.1. The zero-order chi connectivity index (χ0) is 19.2. The van der Waals surface area contributed by atoms with E-state index in [0.717, 1.165) is 13.0 Å². The highest BCUT2D eigenvalue weighted by Gasteiger charge is 2.17. The van der Waals surface area contributed by atoms with E-state index in [-0.39, 0.29) is 17.4 Å². The minimum atomic E-state index is -0.206. The van der Waals surface area contributed by atoms with Gasteiger partial charge in [-0.2, -0.15) is 5.10 Å². The summed E-state index contributed by atoms with van der Waals surface area (Å²) in [4.78, 5) is 27.9. The average molecular weight is 370 g/mol. The Bertz CT molecular complexity index is 838. The fourth-order valence-corrected chi connectivity index (χ4v) is 3.64. The zero-order valence-corrected chi connectivity index (χ0v) is 16.4. The van der Waals surface area contributed by atoms with E-state index < -0.39 is 0 Å². The molecule has 1 fully saturated rings. The van der Waals surface area contributed by atoms with Gasteiger partial charge >= 0.3 is 0 Å². The van der Waals surface area contributed by atoms with E-state index in [2.05, 4.69) is 15.3 Å². The minimum Gasteiger partial charge on any atom is -0.351 e. The maximum atomic E-state index is 12.8. The topological polar surface area (TPSA) is 67.2 Å². The number of likely N-dealkylation sites (tertiary alicyclic amines) is 1. The molecule has 1 amide bonds. The van der Waals surface area contributed by atoms with E-state index in [9.17, 15) is 9.59 Å². The summed E-state index contributed by atoms with van der Waals surface area (Å²) in [6, 6.07) is 7.22. The van der Waals surface area contributed by atoms with E-state index >= 15 is 0 Å². The van der Waals surface area contributed by atoms with Crippen LogP contribution in [0.2, 0.25) is 0 Å². The van der Waals surface area contributed by atoms with Gasteiger partial charge in [-0.3, -0.25) is 9.59 Å². The van der Waals surface area contributed by atoms with Gasteiger partial charge in [0.1, 0.15) is 0 Å². The highest BCUT2D eigenvalue weighted by atomic mass is 16.2. The number of hydrogen-bond acceptors (Lipinski definition) is 4. The Morgan fingerprint density at radius 3 is 2.56 bits per heavy atom. The van der Waals surface area contributed by atoms with Crippen molar-refractivity contribution in [1.82, 2.24) is 20.0 Å². The van der Waals surface area contributed by atoms with Crippen molar-refractivity contribution >= 4 is 16.7 Å². The molecule has 0 bridgehead atoms. The van der Waals surface area contributed by atoms with Crippen molar-refractivity contribution in [3.05, 3.63) is 40.3 Å². The van der Waals surface area contributed by atoms with Gasteiger partial charge < -0.3 is 10.2 Å². The Morgan fingerprint density at radius 2 is 1.85 bits per heavy atom. The summed E-state index contributed by atoms with van der Waals surface area (Å²) in [5.41, 5.74) is 0.199. The van der Waals surface area contributed by atoms with Crippen molar-refractivity contribution < 1.29 is 4.79 Å². The number of carbonyl (C=O) groups is 1. The number of rotatable bonds is 7. The molecule has 3 rings (SSSR count). The zero-order valence-electron chi connectivity index (χ0n) is 16.4. The van der Waals surface area contributed by atoms with Gasteiger partial charge in [-0.25, -0.2) is 4.68 Å². The lowest BCUT2D eigenvalue weighted by molar-refractivity contribution is 0.0945. The maximum absolute atomic E-state index is 12.8. The van der Waals surface area contributed by atoms with Crippen LogP contribution in [0.5, 0.6) is 0 Å². The summed E-state index contributed by atoms with van der Waals surface area (Å²) in [6.45, 7) is 8.53. The van der Waals surface area contributed by atoms with Crippen molar-refractivity contribution in [3.63, 3.8) is 0 Å². The molecule has 6 heteroatoms. The van der Waals surface area contributed by atoms with Gasteiger partial charge in [0.15, 0.2) is 5.69 Å². The van der Waals surface area contributed by atoms with Crippen LogP contribution in [-0.2, 0) is 6.54 Å². The first kappa shape index (κ1) is 19.5. The molecule has 0 aliphatic carbocycles. The second-order valence-electron chi connectivity index (χ2n) is 7.79. The van der Waals surface area contributed by atoms with Gasteiger partial charge in [0.2, 0.25) is 0 Å². The number of fused-ring (bicyclic) bond motifs is 1. The van der Waals surface area contributed by atoms with Crippen molar-refractivity contribution in [3.8, 4) is 0 Å². The number of piperidine rings is 1. The number of benzene rings is 1. The standard InChI is InChI=1S/C21H30N4O2/c1-16(2)15-25-21(27)18-10-5-4-9-17(18)19(23-25)20(26)22-11-8-14-24-12-6-3-7-13-24/h4-5,9-10,16H,3,6-8,11-15H2,1-2H3,(H,22,26). The molecule has 146 valence electrons. The van der Waals surface area contributed by atoms with Crippen LogP contribution in [0, 0.1) is 5.92 Å². The molecule has 1 aliphatic rings. The van der Waals surface area contributed by atoms with Gasteiger partial charge in [-0.15, -0.1) is 0 Å². The molecule has 1 aliphatic heterocycles. The lowest BCUT2D eigenvalue weighted by Crippen LogP contribution is -2.34. The van der Waals surface area contributed by atoms with Crippen LogP contribution in [0.4, 0.5) is 0 Å². The second-order valence-corrected chi connectivity index (χ2v) is 7.79. The van der Waals surface area contributed by atoms with Gasteiger partial charge in [0, 0.05) is 18.5 Å². The van der Waals surface area contributed by atoms with E-state index in [4.69, 9.17) is 0 Å².